The van der Waals surface area contributed by atoms with E-state index in [2.05, 4.69) is 16.5 Å². The molecule has 0 radical (unpaired) electrons. The van der Waals surface area contributed by atoms with Crippen molar-refractivity contribution >= 4 is 21.2 Å². The molecule has 2 aromatic carbocycles. The van der Waals surface area contributed by atoms with Crippen LogP contribution >= 0.6 is 0 Å². The largest absolute Gasteiger partial charge is 0.489 e. The van der Waals surface area contributed by atoms with Crippen molar-refractivity contribution in [2.45, 2.75) is 38.0 Å². The number of aryl methyl sites for hydroxylation is 3. The van der Waals surface area contributed by atoms with E-state index in [0.29, 0.717) is 17.7 Å². The minimum atomic E-state index is -4.02. The molecule has 7 nitrogen and oxygen atoms in total. The lowest BCUT2D eigenvalue weighted by Gasteiger charge is -2.07. The third-order valence-corrected chi connectivity index (χ3v) is 5.73. The Morgan fingerprint density at radius 2 is 1.94 bits per heavy atom. The van der Waals surface area contributed by atoms with Crippen molar-refractivity contribution < 1.29 is 22.1 Å². The molecule has 0 aliphatic heterocycles. The van der Waals surface area contributed by atoms with E-state index in [-0.39, 0.29) is 18.0 Å². The maximum Gasteiger partial charge on any atom is 0.294 e. The van der Waals surface area contributed by atoms with Gasteiger partial charge in [0.2, 0.25) is 0 Å². The second-order valence-corrected chi connectivity index (χ2v) is 8.81. The van der Waals surface area contributed by atoms with Crippen LogP contribution in [0.4, 0.5) is 4.39 Å². The fourth-order valence-corrected chi connectivity index (χ4v) is 3.38. The Kier molecular flexibility index (Phi) is 9.37. The van der Waals surface area contributed by atoms with E-state index in [1.807, 2.05) is 32.2 Å². The maximum atomic E-state index is 12.5. The van der Waals surface area contributed by atoms with E-state index in [1.165, 1.54) is 12.1 Å². The van der Waals surface area contributed by atoms with Gasteiger partial charge in [0.05, 0.1) is 22.3 Å². The number of benzene rings is 2. The first kappa shape index (κ1) is 25.5. The molecule has 0 spiro atoms. The number of ether oxygens (including phenoxy) is 1. The molecule has 174 valence electrons. The summed E-state index contributed by atoms with van der Waals surface area (Å²) in [7, 11) is -1.99. The zero-order valence-corrected chi connectivity index (χ0v) is 19.4. The minimum Gasteiger partial charge on any atom is -0.489 e. The highest BCUT2D eigenvalue weighted by Crippen LogP contribution is 2.22. The SMILES string of the molecule is CCCCc1nc2cc(OC/C(=C/F)CN)ccc2n1C.Cc1ccc(S(=O)(=O)O)cc1. The monoisotopic (exact) mass is 463 g/mol. The smallest absolute Gasteiger partial charge is 0.294 e. The number of aromatic nitrogens is 2. The van der Waals surface area contributed by atoms with E-state index >= 15 is 0 Å². The van der Waals surface area contributed by atoms with Crippen molar-refractivity contribution in [1.29, 1.82) is 0 Å². The molecular formula is C23H30FN3O4S. The van der Waals surface area contributed by atoms with Gasteiger partial charge in [0.25, 0.3) is 10.1 Å². The molecule has 0 unspecified atom stereocenters. The number of hydrogen-bond donors (Lipinski definition) is 2. The lowest BCUT2D eigenvalue weighted by atomic mass is 10.2. The van der Waals surface area contributed by atoms with Gasteiger partial charge in [-0.2, -0.15) is 8.42 Å². The summed E-state index contributed by atoms with van der Waals surface area (Å²) in [6.07, 6.45) is 3.75. The molecule has 1 aromatic heterocycles. The zero-order valence-electron chi connectivity index (χ0n) is 18.6. The van der Waals surface area contributed by atoms with Crippen molar-refractivity contribution in [2.24, 2.45) is 12.8 Å². The van der Waals surface area contributed by atoms with Gasteiger partial charge in [0.1, 0.15) is 18.2 Å². The molecule has 0 bridgehead atoms. The van der Waals surface area contributed by atoms with Crippen LogP contribution in [-0.2, 0) is 23.6 Å². The molecule has 0 saturated heterocycles. The number of hydrogen-bond acceptors (Lipinski definition) is 5. The molecule has 0 aliphatic carbocycles. The highest BCUT2D eigenvalue weighted by Gasteiger charge is 2.09. The lowest BCUT2D eigenvalue weighted by Crippen LogP contribution is -2.10. The van der Waals surface area contributed by atoms with Gasteiger partial charge in [-0.15, -0.1) is 0 Å². The number of nitrogens with two attached hydrogens (primary N) is 1. The molecule has 3 N–H and O–H groups in total. The topological polar surface area (TPSA) is 107 Å². The number of fused-ring (bicyclic) bond motifs is 1. The maximum absolute atomic E-state index is 12.5. The summed E-state index contributed by atoms with van der Waals surface area (Å²) in [6, 6.07) is 11.7. The molecular weight excluding hydrogens is 433 g/mol. The summed E-state index contributed by atoms with van der Waals surface area (Å²) in [4.78, 5) is 4.58. The first-order valence-corrected chi connectivity index (χ1v) is 11.7. The first-order chi connectivity index (χ1) is 15.2. The molecule has 32 heavy (non-hydrogen) atoms. The Morgan fingerprint density at radius 3 is 2.50 bits per heavy atom. The van der Waals surface area contributed by atoms with Crippen molar-refractivity contribution in [1.82, 2.24) is 9.55 Å². The standard InChI is InChI=1S/C16H22FN3O.C7H8O3S/c1-3-4-5-16-19-14-8-13(6-7-15(14)20(16)2)21-11-12(9-17)10-18;1-6-2-4-7(5-3-6)11(8,9)10/h6-9H,3-5,10-11,18H2,1-2H3;2-5H,1H3,(H,8,9,10)/b12-9+;. The van der Waals surface area contributed by atoms with Gasteiger partial charge >= 0.3 is 0 Å². The number of halogens is 1. The Balaban J connectivity index is 0.000000278. The molecule has 0 aliphatic rings. The molecule has 0 atom stereocenters. The molecule has 3 aromatic rings. The van der Waals surface area contributed by atoms with Crippen LogP contribution < -0.4 is 10.5 Å². The predicted molar refractivity (Wildman–Crippen MR) is 124 cm³/mol. The number of unbranched alkanes of at least 4 members (excludes halogenated alkanes) is 1. The van der Waals surface area contributed by atoms with Gasteiger partial charge < -0.3 is 15.0 Å². The predicted octanol–water partition coefficient (Wildman–Crippen LogP) is 4.35. The zero-order chi connectivity index (χ0) is 23.7. The number of imidazole rings is 1. The van der Waals surface area contributed by atoms with Gasteiger partial charge in [0, 0.05) is 31.7 Å². The van der Waals surface area contributed by atoms with Crippen molar-refractivity contribution in [3.8, 4) is 5.75 Å². The van der Waals surface area contributed by atoms with Crippen LogP contribution in [0.3, 0.4) is 0 Å². The summed E-state index contributed by atoms with van der Waals surface area (Å²) in [5.74, 6) is 1.76. The van der Waals surface area contributed by atoms with Crippen LogP contribution in [0, 0.1) is 6.92 Å². The van der Waals surface area contributed by atoms with Gasteiger partial charge in [-0.05, 0) is 37.6 Å². The average molecular weight is 464 g/mol. The third-order valence-electron chi connectivity index (χ3n) is 4.86. The summed E-state index contributed by atoms with van der Waals surface area (Å²) in [5.41, 5.74) is 8.77. The van der Waals surface area contributed by atoms with Gasteiger partial charge in [0.15, 0.2) is 0 Å². The van der Waals surface area contributed by atoms with Crippen molar-refractivity contribution in [3.05, 3.63) is 65.8 Å². The highest BCUT2D eigenvalue weighted by atomic mass is 32.2. The molecule has 0 amide bonds. The second-order valence-electron chi connectivity index (χ2n) is 7.39. The van der Waals surface area contributed by atoms with Gasteiger partial charge in [-0.25, -0.2) is 9.37 Å². The fourth-order valence-electron chi connectivity index (χ4n) is 2.90. The van der Waals surface area contributed by atoms with E-state index in [9.17, 15) is 12.8 Å². The van der Waals surface area contributed by atoms with Crippen LogP contribution in [0.5, 0.6) is 5.75 Å². The average Bonchev–Trinajstić information content (AvgIpc) is 3.08. The summed E-state index contributed by atoms with van der Waals surface area (Å²) in [5, 5.41) is 0. The van der Waals surface area contributed by atoms with Crippen LogP contribution in [0.1, 0.15) is 31.2 Å². The van der Waals surface area contributed by atoms with Crippen LogP contribution in [0.25, 0.3) is 11.0 Å². The Bertz CT molecular complexity index is 1160. The Labute approximate surface area is 188 Å². The fraction of sp³-hybridized carbons (Fsp3) is 0.348. The quantitative estimate of drug-likeness (QED) is 0.481. The van der Waals surface area contributed by atoms with E-state index < -0.39 is 10.1 Å². The second kappa shape index (κ2) is 11.8. The van der Waals surface area contributed by atoms with Crippen molar-refractivity contribution in [3.63, 3.8) is 0 Å². The molecule has 1 heterocycles. The Morgan fingerprint density at radius 1 is 1.25 bits per heavy atom. The van der Waals surface area contributed by atoms with E-state index in [4.69, 9.17) is 15.0 Å². The Hall–Kier alpha value is -2.75. The highest BCUT2D eigenvalue weighted by molar-refractivity contribution is 7.85. The van der Waals surface area contributed by atoms with E-state index in [0.717, 1.165) is 41.7 Å². The molecule has 3 rings (SSSR count). The van der Waals surface area contributed by atoms with Gasteiger partial charge in [-0.3, -0.25) is 4.55 Å². The molecule has 0 saturated carbocycles. The van der Waals surface area contributed by atoms with E-state index in [1.54, 1.807) is 12.1 Å². The first-order valence-electron chi connectivity index (χ1n) is 10.3. The summed E-state index contributed by atoms with van der Waals surface area (Å²) >= 11 is 0. The van der Waals surface area contributed by atoms with Crippen molar-refractivity contribution in [2.75, 3.05) is 13.2 Å². The third kappa shape index (κ3) is 7.15. The van der Waals surface area contributed by atoms with Gasteiger partial charge in [-0.1, -0.05) is 31.0 Å². The normalized spacial score (nSPS) is 11.9. The summed E-state index contributed by atoms with van der Waals surface area (Å²) in [6.45, 7) is 4.33. The minimum absolute atomic E-state index is 0.0666. The summed E-state index contributed by atoms with van der Waals surface area (Å²) < 4.78 is 49.7. The van der Waals surface area contributed by atoms with Crippen LogP contribution in [0.2, 0.25) is 0 Å². The van der Waals surface area contributed by atoms with Crippen LogP contribution in [0.15, 0.2) is 59.3 Å². The number of nitrogens with zero attached hydrogens (tertiary/aromatic N) is 2. The lowest BCUT2D eigenvalue weighted by molar-refractivity contribution is 0.348. The van der Waals surface area contributed by atoms with Crippen LogP contribution in [-0.4, -0.2) is 35.7 Å². The molecule has 0 fully saturated rings. The molecule has 9 heteroatoms. The number of rotatable bonds is 8.